The minimum absolute atomic E-state index is 0.0127. The van der Waals surface area contributed by atoms with Crippen molar-refractivity contribution in [3.05, 3.63) is 23.8 Å². The summed E-state index contributed by atoms with van der Waals surface area (Å²) in [7, 11) is 0. The predicted molar refractivity (Wildman–Crippen MR) is 63.3 cm³/mol. The molecule has 18 heavy (non-hydrogen) atoms. The molecule has 0 aliphatic carbocycles. The number of phenols is 1. The fourth-order valence-corrected chi connectivity index (χ4v) is 2.27. The Kier molecular flexibility index (Phi) is 2.61. The molecular formula is C12H14N2O4. The van der Waals surface area contributed by atoms with Crippen molar-refractivity contribution in [2.75, 3.05) is 13.2 Å². The molecule has 6 nitrogen and oxygen atoms in total. The van der Waals surface area contributed by atoms with Crippen LogP contribution >= 0.6 is 0 Å². The normalized spacial score (nSPS) is 26.2. The van der Waals surface area contributed by atoms with Crippen LogP contribution in [-0.4, -0.2) is 29.6 Å². The lowest BCUT2D eigenvalue weighted by Gasteiger charge is -2.17. The molecule has 1 spiro atoms. The van der Waals surface area contributed by atoms with Crippen LogP contribution in [0.1, 0.15) is 18.4 Å². The molecule has 1 saturated heterocycles. The van der Waals surface area contributed by atoms with Gasteiger partial charge in [-0.2, -0.15) is 5.90 Å². The van der Waals surface area contributed by atoms with Crippen LogP contribution in [0.2, 0.25) is 0 Å². The summed E-state index contributed by atoms with van der Waals surface area (Å²) in [5.41, 5.74) is 1.30. The zero-order chi connectivity index (χ0) is 12.6. The SMILES string of the molecule is NOc1ccc(C2=NOC3(CCOC3)C2)cc1O. The number of nitrogens with zero attached hydrogens (tertiary/aromatic N) is 1. The number of phenolic OH excluding ortho intramolecular Hbond substituents is 1. The molecule has 1 fully saturated rings. The Balaban J connectivity index is 1.82. The lowest BCUT2D eigenvalue weighted by Crippen LogP contribution is -2.29. The van der Waals surface area contributed by atoms with Gasteiger partial charge in [-0.3, -0.25) is 0 Å². The van der Waals surface area contributed by atoms with E-state index in [-0.39, 0.29) is 17.1 Å². The van der Waals surface area contributed by atoms with Crippen molar-refractivity contribution < 1.29 is 19.5 Å². The first-order valence-electron chi connectivity index (χ1n) is 5.75. The lowest BCUT2D eigenvalue weighted by atomic mass is 9.93. The second-order valence-electron chi connectivity index (χ2n) is 4.59. The maximum Gasteiger partial charge on any atom is 0.188 e. The Morgan fingerprint density at radius 3 is 3.00 bits per heavy atom. The number of hydrogen-bond donors (Lipinski definition) is 2. The third kappa shape index (κ3) is 1.79. The van der Waals surface area contributed by atoms with Crippen LogP contribution in [0.5, 0.6) is 11.5 Å². The van der Waals surface area contributed by atoms with E-state index in [4.69, 9.17) is 15.5 Å². The van der Waals surface area contributed by atoms with E-state index in [1.165, 1.54) is 0 Å². The summed E-state index contributed by atoms with van der Waals surface area (Å²) < 4.78 is 5.34. The molecule has 1 atom stereocenters. The highest BCUT2D eigenvalue weighted by molar-refractivity contribution is 6.02. The van der Waals surface area contributed by atoms with Crippen molar-refractivity contribution in [2.45, 2.75) is 18.4 Å². The van der Waals surface area contributed by atoms with Crippen molar-refractivity contribution >= 4 is 5.71 Å². The third-order valence-electron chi connectivity index (χ3n) is 3.33. The van der Waals surface area contributed by atoms with Gasteiger partial charge < -0.3 is 19.5 Å². The smallest absolute Gasteiger partial charge is 0.188 e. The number of rotatable bonds is 2. The first-order valence-corrected chi connectivity index (χ1v) is 5.75. The topological polar surface area (TPSA) is 86.3 Å². The fraction of sp³-hybridized carbons (Fsp3) is 0.417. The standard InChI is InChI=1S/C12H14N2O4/c13-17-11-2-1-8(5-10(11)15)9-6-12(18-14-9)3-4-16-7-12/h1-2,5,15H,3-4,6-7,13H2. The lowest BCUT2D eigenvalue weighted by molar-refractivity contribution is -0.0237. The average molecular weight is 250 g/mol. The van der Waals surface area contributed by atoms with Gasteiger partial charge in [0.1, 0.15) is 0 Å². The van der Waals surface area contributed by atoms with E-state index in [1.807, 2.05) is 0 Å². The Hall–Kier alpha value is -1.79. The van der Waals surface area contributed by atoms with Crippen LogP contribution in [0.4, 0.5) is 0 Å². The summed E-state index contributed by atoms with van der Waals surface area (Å²) in [6, 6.07) is 4.96. The molecule has 2 heterocycles. The largest absolute Gasteiger partial charge is 0.504 e. The maximum atomic E-state index is 9.68. The van der Waals surface area contributed by atoms with E-state index in [1.54, 1.807) is 18.2 Å². The van der Waals surface area contributed by atoms with E-state index < -0.39 is 0 Å². The average Bonchev–Trinajstić information content (AvgIpc) is 3.00. The van der Waals surface area contributed by atoms with Crippen molar-refractivity contribution in [2.24, 2.45) is 11.1 Å². The van der Waals surface area contributed by atoms with Crippen molar-refractivity contribution in [3.63, 3.8) is 0 Å². The predicted octanol–water partition coefficient (Wildman–Crippen LogP) is 0.928. The van der Waals surface area contributed by atoms with Crippen LogP contribution in [-0.2, 0) is 9.57 Å². The molecule has 0 aromatic heterocycles. The summed E-state index contributed by atoms with van der Waals surface area (Å²) >= 11 is 0. The van der Waals surface area contributed by atoms with Gasteiger partial charge in [0.15, 0.2) is 17.1 Å². The molecule has 3 N–H and O–H groups in total. The number of oxime groups is 1. The van der Waals surface area contributed by atoms with Gasteiger partial charge in [0.2, 0.25) is 0 Å². The Morgan fingerprint density at radius 1 is 1.44 bits per heavy atom. The van der Waals surface area contributed by atoms with Gasteiger partial charge in [-0.25, -0.2) is 0 Å². The molecule has 1 aromatic rings. The first kappa shape index (κ1) is 11.3. The highest BCUT2D eigenvalue weighted by atomic mass is 16.7. The quantitative estimate of drug-likeness (QED) is 0.762. The second-order valence-corrected chi connectivity index (χ2v) is 4.59. The van der Waals surface area contributed by atoms with Crippen molar-refractivity contribution in [1.82, 2.24) is 0 Å². The minimum Gasteiger partial charge on any atom is -0.504 e. The zero-order valence-electron chi connectivity index (χ0n) is 9.76. The van der Waals surface area contributed by atoms with Gasteiger partial charge in [0, 0.05) is 18.4 Å². The van der Waals surface area contributed by atoms with Crippen LogP contribution in [0.3, 0.4) is 0 Å². The Bertz CT molecular complexity index is 495. The van der Waals surface area contributed by atoms with Crippen LogP contribution in [0, 0.1) is 0 Å². The molecule has 1 unspecified atom stereocenters. The van der Waals surface area contributed by atoms with E-state index >= 15 is 0 Å². The highest BCUT2D eigenvalue weighted by Gasteiger charge is 2.43. The molecule has 0 amide bonds. The van der Waals surface area contributed by atoms with E-state index in [0.29, 0.717) is 19.6 Å². The number of benzene rings is 1. The number of aromatic hydroxyl groups is 1. The highest BCUT2D eigenvalue weighted by Crippen LogP contribution is 2.35. The number of ether oxygens (including phenoxy) is 1. The van der Waals surface area contributed by atoms with Gasteiger partial charge in [-0.1, -0.05) is 5.16 Å². The molecule has 0 saturated carbocycles. The van der Waals surface area contributed by atoms with Gasteiger partial charge in [-0.05, 0) is 18.2 Å². The Labute approximate surface area is 104 Å². The number of nitrogens with two attached hydrogens (primary N) is 1. The van der Waals surface area contributed by atoms with Gasteiger partial charge in [0.25, 0.3) is 0 Å². The summed E-state index contributed by atoms with van der Waals surface area (Å²) in [6.07, 6.45) is 1.53. The van der Waals surface area contributed by atoms with Gasteiger partial charge in [-0.15, -0.1) is 0 Å². The minimum atomic E-state index is -0.312. The van der Waals surface area contributed by atoms with E-state index in [2.05, 4.69) is 9.99 Å². The molecule has 6 heteroatoms. The molecule has 2 aliphatic heterocycles. The molecule has 0 bridgehead atoms. The molecule has 1 aromatic carbocycles. The van der Waals surface area contributed by atoms with Crippen LogP contribution in [0.15, 0.2) is 23.4 Å². The van der Waals surface area contributed by atoms with Gasteiger partial charge >= 0.3 is 0 Å². The third-order valence-corrected chi connectivity index (χ3v) is 3.33. The summed E-state index contributed by atoms with van der Waals surface area (Å²) in [4.78, 5) is 10.0. The Morgan fingerprint density at radius 2 is 2.33 bits per heavy atom. The first-order chi connectivity index (χ1) is 8.72. The molecular weight excluding hydrogens is 236 g/mol. The molecule has 0 radical (unpaired) electrons. The fourth-order valence-electron chi connectivity index (χ4n) is 2.27. The monoisotopic (exact) mass is 250 g/mol. The maximum absolute atomic E-state index is 9.68. The van der Waals surface area contributed by atoms with Crippen molar-refractivity contribution in [1.29, 1.82) is 0 Å². The molecule has 3 rings (SSSR count). The summed E-state index contributed by atoms with van der Waals surface area (Å²) in [5.74, 6) is 5.24. The van der Waals surface area contributed by atoms with Crippen LogP contribution in [0.25, 0.3) is 0 Å². The molecule has 96 valence electrons. The van der Waals surface area contributed by atoms with E-state index in [0.717, 1.165) is 17.7 Å². The number of hydrogen-bond acceptors (Lipinski definition) is 6. The van der Waals surface area contributed by atoms with Crippen molar-refractivity contribution in [3.8, 4) is 11.5 Å². The molecule has 2 aliphatic rings. The second kappa shape index (κ2) is 4.15. The summed E-state index contributed by atoms with van der Waals surface area (Å²) in [5, 5.41) is 13.8. The van der Waals surface area contributed by atoms with Crippen LogP contribution < -0.4 is 10.7 Å². The van der Waals surface area contributed by atoms with E-state index in [9.17, 15) is 5.11 Å². The summed E-state index contributed by atoms with van der Waals surface area (Å²) in [6.45, 7) is 1.27. The van der Waals surface area contributed by atoms with Gasteiger partial charge in [0.05, 0.1) is 18.9 Å². The zero-order valence-corrected chi connectivity index (χ0v) is 9.76.